The Balaban J connectivity index is 4.37. The zero-order valence-corrected chi connectivity index (χ0v) is 12.5. The molecule has 0 aromatic heterocycles. The third-order valence-electron chi connectivity index (χ3n) is 1.82. The van der Waals surface area contributed by atoms with Crippen molar-refractivity contribution in [2.75, 3.05) is 13.2 Å². The molecule has 4 nitrogen and oxygen atoms in total. The van der Waals surface area contributed by atoms with Crippen molar-refractivity contribution in [1.82, 2.24) is 0 Å². The van der Waals surface area contributed by atoms with Crippen LogP contribution in [0.15, 0.2) is 0 Å². The smallest absolute Gasteiger partial charge is 0.320 e. The van der Waals surface area contributed by atoms with Crippen molar-refractivity contribution in [3.63, 3.8) is 0 Å². The van der Waals surface area contributed by atoms with Gasteiger partial charge in [-0.2, -0.15) is 0 Å². The van der Waals surface area contributed by atoms with Crippen LogP contribution in [0.2, 0.25) is 0 Å². The van der Waals surface area contributed by atoms with Crippen molar-refractivity contribution in [3.05, 3.63) is 0 Å². The predicted molar refractivity (Wildman–Crippen MR) is 67.6 cm³/mol. The molecule has 0 aromatic rings. The highest BCUT2D eigenvalue weighted by Gasteiger charge is 2.29. The van der Waals surface area contributed by atoms with Crippen LogP contribution in [0.4, 0.5) is 0 Å². The Morgan fingerprint density at radius 2 is 1.44 bits per heavy atom. The van der Waals surface area contributed by atoms with Crippen LogP contribution in [-0.4, -0.2) is 28.9 Å². The molecule has 0 saturated heterocycles. The fourth-order valence-corrected chi connectivity index (χ4v) is 1.64. The summed E-state index contributed by atoms with van der Waals surface area (Å²) >= 11 is 6.58. The van der Waals surface area contributed by atoms with Gasteiger partial charge in [0.2, 0.25) is 0 Å². The van der Waals surface area contributed by atoms with Crippen molar-refractivity contribution in [2.24, 2.45) is 5.92 Å². The van der Waals surface area contributed by atoms with Gasteiger partial charge in [0.25, 0.3) is 0 Å². The fourth-order valence-electron chi connectivity index (χ4n) is 1.11. The zero-order valence-electron chi connectivity index (χ0n) is 9.37. The van der Waals surface area contributed by atoms with Gasteiger partial charge in [0.05, 0.1) is 17.0 Å². The summed E-state index contributed by atoms with van der Waals surface area (Å²) in [6.45, 7) is 3.94. The van der Waals surface area contributed by atoms with Crippen molar-refractivity contribution in [3.8, 4) is 0 Å². The van der Waals surface area contributed by atoms with E-state index in [2.05, 4.69) is 31.9 Å². The third-order valence-corrected chi connectivity index (χ3v) is 2.73. The van der Waals surface area contributed by atoms with Gasteiger partial charge < -0.3 is 9.47 Å². The van der Waals surface area contributed by atoms with E-state index < -0.39 is 17.9 Å². The summed E-state index contributed by atoms with van der Waals surface area (Å²) in [5.74, 6) is -1.85. The van der Waals surface area contributed by atoms with Crippen LogP contribution >= 0.6 is 31.9 Å². The summed E-state index contributed by atoms with van der Waals surface area (Å²) in [5.41, 5.74) is 0. The zero-order chi connectivity index (χ0) is 12.6. The maximum absolute atomic E-state index is 11.5. The molecule has 0 aliphatic rings. The number of hydrogen-bond acceptors (Lipinski definition) is 4. The molecule has 16 heavy (non-hydrogen) atoms. The highest BCUT2D eigenvalue weighted by molar-refractivity contribution is 9.24. The lowest BCUT2D eigenvalue weighted by atomic mass is 10.0. The molecule has 0 spiro atoms. The molecule has 0 N–H and O–H groups in total. The maximum atomic E-state index is 11.5. The van der Waals surface area contributed by atoms with Crippen LogP contribution in [0.5, 0.6) is 0 Å². The summed E-state index contributed by atoms with van der Waals surface area (Å²) in [5, 5.41) is 0. The number of carbonyl (C=O) groups is 2. The summed E-state index contributed by atoms with van der Waals surface area (Å²) < 4.78 is 9.74. The minimum Gasteiger partial charge on any atom is -0.465 e. The average Bonchev–Trinajstić information content (AvgIpc) is 2.18. The van der Waals surface area contributed by atoms with Gasteiger partial charge in [0.15, 0.2) is 5.92 Å². The van der Waals surface area contributed by atoms with E-state index in [-0.39, 0.29) is 17.0 Å². The number of hydrogen-bond donors (Lipinski definition) is 0. The molecule has 94 valence electrons. The highest BCUT2D eigenvalue weighted by Crippen LogP contribution is 2.20. The SMILES string of the molecule is CCOC(=O)C(CCC(Br)Br)C(=O)OCC. The normalized spacial score (nSPS) is 10.6. The van der Waals surface area contributed by atoms with E-state index in [9.17, 15) is 9.59 Å². The first-order valence-electron chi connectivity index (χ1n) is 5.14. The van der Waals surface area contributed by atoms with Gasteiger partial charge in [-0.05, 0) is 26.7 Å². The van der Waals surface area contributed by atoms with Gasteiger partial charge >= 0.3 is 11.9 Å². The Morgan fingerprint density at radius 1 is 1.00 bits per heavy atom. The molecule has 0 amide bonds. The molecular formula is C10H16Br2O4. The van der Waals surface area contributed by atoms with Gasteiger partial charge in [-0.1, -0.05) is 31.9 Å². The maximum Gasteiger partial charge on any atom is 0.320 e. The van der Waals surface area contributed by atoms with E-state index in [1.807, 2.05) is 0 Å². The topological polar surface area (TPSA) is 52.6 Å². The fraction of sp³-hybridized carbons (Fsp3) is 0.800. The predicted octanol–water partition coefficient (Wildman–Crippen LogP) is 2.62. The van der Waals surface area contributed by atoms with E-state index in [1.165, 1.54) is 0 Å². The second-order valence-corrected chi connectivity index (χ2v) is 6.46. The average molecular weight is 360 g/mol. The molecule has 0 radical (unpaired) electrons. The van der Waals surface area contributed by atoms with Gasteiger partial charge in [-0.15, -0.1) is 0 Å². The van der Waals surface area contributed by atoms with Crippen LogP contribution in [0.1, 0.15) is 26.7 Å². The van der Waals surface area contributed by atoms with E-state index in [4.69, 9.17) is 9.47 Å². The molecule has 0 aliphatic heterocycles. The largest absolute Gasteiger partial charge is 0.465 e. The first-order chi connectivity index (χ1) is 7.52. The lowest BCUT2D eigenvalue weighted by molar-refractivity contribution is -0.161. The first-order valence-corrected chi connectivity index (χ1v) is 6.97. The number of ether oxygens (including phenoxy) is 2. The molecule has 0 fully saturated rings. The molecule has 6 heteroatoms. The van der Waals surface area contributed by atoms with Crippen molar-refractivity contribution in [1.29, 1.82) is 0 Å². The molecule has 0 aromatic carbocycles. The van der Waals surface area contributed by atoms with Crippen LogP contribution in [0.3, 0.4) is 0 Å². The van der Waals surface area contributed by atoms with Crippen LogP contribution < -0.4 is 0 Å². The number of carbonyl (C=O) groups excluding carboxylic acids is 2. The lowest BCUT2D eigenvalue weighted by Crippen LogP contribution is -2.28. The summed E-state index contributed by atoms with van der Waals surface area (Å²) in [4.78, 5) is 23.0. The van der Waals surface area contributed by atoms with E-state index >= 15 is 0 Å². The number of alkyl halides is 2. The Hall–Kier alpha value is -0.100. The van der Waals surface area contributed by atoms with Gasteiger partial charge in [-0.3, -0.25) is 9.59 Å². The first kappa shape index (κ1) is 15.9. The van der Waals surface area contributed by atoms with Crippen molar-refractivity contribution >= 4 is 43.8 Å². The van der Waals surface area contributed by atoms with Gasteiger partial charge in [0.1, 0.15) is 0 Å². The van der Waals surface area contributed by atoms with Crippen LogP contribution in [0, 0.1) is 5.92 Å². The summed E-state index contributed by atoms with van der Waals surface area (Å²) in [6, 6.07) is 0. The quantitative estimate of drug-likeness (QED) is 0.398. The van der Waals surface area contributed by atoms with E-state index in [0.717, 1.165) is 0 Å². The summed E-state index contributed by atoms with van der Waals surface area (Å²) in [6.07, 6.45) is 1.04. The molecule has 0 saturated carbocycles. The van der Waals surface area contributed by atoms with E-state index in [1.54, 1.807) is 13.8 Å². The standard InChI is InChI=1S/C10H16Br2O4/c1-3-15-9(13)7(5-6-8(11)12)10(14)16-4-2/h7-8H,3-6H2,1-2H3. The monoisotopic (exact) mass is 358 g/mol. The summed E-state index contributed by atoms with van der Waals surface area (Å²) in [7, 11) is 0. The minimum atomic E-state index is -0.822. The Bertz CT molecular complexity index is 213. The molecule has 0 bridgehead atoms. The number of rotatable bonds is 7. The van der Waals surface area contributed by atoms with Crippen LogP contribution in [-0.2, 0) is 19.1 Å². The Kier molecular flexibility index (Phi) is 8.93. The lowest BCUT2D eigenvalue weighted by Gasteiger charge is -2.14. The van der Waals surface area contributed by atoms with Crippen LogP contribution in [0.25, 0.3) is 0 Å². The molecular weight excluding hydrogens is 344 g/mol. The van der Waals surface area contributed by atoms with Gasteiger partial charge in [-0.25, -0.2) is 0 Å². The number of halogens is 2. The molecule has 0 heterocycles. The van der Waals surface area contributed by atoms with Crippen molar-refractivity contribution in [2.45, 2.75) is 30.4 Å². The molecule has 0 aliphatic carbocycles. The number of esters is 2. The van der Waals surface area contributed by atoms with Gasteiger partial charge in [0, 0.05) is 0 Å². The van der Waals surface area contributed by atoms with E-state index in [0.29, 0.717) is 12.8 Å². The molecule has 0 unspecified atom stereocenters. The van der Waals surface area contributed by atoms with Crippen molar-refractivity contribution < 1.29 is 19.1 Å². The highest BCUT2D eigenvalue weighted by atomic mass is 79.9. The Morgan fingerprint density at radius 3 is 1.75 bits per heavy atom. The second-order valence-electron chi connectivity index (χ2n) is 3.03. The molecule has 0 atom stereocenters. The molecule has 0 rings (SSSR count). The Labute approximate surface area is 112 Å². The second kappa shape index (κ2) is 8.98. The minimum absolute atomic E-state index is 0.0753. The third kappa shape index (κ3) is 6.48.